The standard InChI is InChI=1S/C18H27NO2/c1-20-17-10-7-15(12-19-16-8-9-16)11-18(17)21-13-14-5-3-2-4-6-14/h7,10-11,14,16,19H,2-6,8-9,12-13H2,1H3. The Morgan fingerprint density at radius 2 is 1.86 bits per heavy atom. The third-order valence-electron chi connectivity index (χ3n) is 4.60. The predicted molar refractivity (Wildman–Crippen MR) is 84.9 cm³/mol. The van der Waals surface area contributed by atoms with Gasteiger partial charge in [-0.25, -0.2) is 0 Å². The van der Waals surface area contributed by atoms with Crippen LogP contribution < -0.4 is 14.8 Å². The number of hydrogen-bond donors (Lipinski definition) is 1. The van der Waals surface area contributed by atoms with Crippen molar-refractivity contribution in [2.24, 2.45) is 5.92 Å². The van der Waals surface area contributed by atoms with Gasteiger partial charge in [0.2, 0.25) is 0 Å². The zero-order chi connectivity index (χ0) is 14.5. The lowest BCUT2D eigenvalue weighted by Crippen LogP contribution is -2.17. The molecule has 1 N–H and O–H groups in total. The minimum Gasteiger partial charge on any atom is -0.493 e. The third kappa shape index (κ3) is 4.37. The first-order valence-corrected chi connectivity index (χ1v) is 8.38. The number of ether oxygens (including phenoxy) is 2. The second kappa shape index (κ2) is 7.17. The fourth-order valence-electron chi connectivity index (χ4n) is 3.05. The highest BCUT2D eigenvalue weighted by atomic mass is 16.5. The van der Waals surface area contributed by atoms with E-state index in [1.807, 2.05) is 6.07 Å². The molecular weight excluding hydrogens is 262 g/mol. The maximum absolute atomic E-state index is 6.08. The zero-order valence-corrected chi connectivity index (χ0v) is 13.1. The van der Waals surface area contributed by atoms with E-state index in [1.54, 1.807) is 7.11 Å². The summed E-state index contributed by atoms with van der Waals surface area (Å²) >= 11 is 0. The van der Waals surface area contributed by atoms with E-state index in [0.29, 0.717) is 0 Å². The number of benzene rings is 1. The van der Waals surface area contributed by atoms with Crippen LogP contribution in [-0.2, 0) is 6.54 Å². The van der Waals surface area contributed by atoms with Gasteiger partial charge in [-0.3, -0.25) is 0 Å². The molecule has 1 aromatic rings. The largest absolute Gasteiger partial charge is 0.493 e. The van der Waals surface area contributed by atoms with Crippen molar-refractivity contribution in [2.45, 2.75) is 57.5 Å². The fourth-order valence-corrected chi connectivity index (χ4v) is 3.05. The molecule has 0 radical (unpaired) electrons. The molecule has 3 heteroatoms. The molecule has 0 spiro atoms. The Labute approximate surface area is 128 Å². The highest BCUT2D eigenvalue weighted by Gasteiger charge is 2.20. The van der Waals surface area contributed by atoms with Gasteiger partial charge in [-0.2, -0.15) is 0 Å². The first kappa shape index (κ1) is 14.7. The van der Waals surface area contributed by atoms with Crippen LogP contribution in [-0.4, -0.2) is 19.8 Å². The Morgan fingerprint density at radius 3 is 2.57 bits per heavy atom. The van der Waals surface area contributed by atoms with E-state index in [9.17, 15) is 0 Å². The van der Waals surface area contributed by atoms with Gasteiger partial charge in [0, 0.05) is 12.6 Å². The van der Waals surface area contributed by atoms with Gasteiger partial charge in [0.15, 0.2) is 11.5 Å². The van der Waals surface area contributed by atoms with Gasteiger partial charge in [-0.05, 0) is 49.3 Å². The lowest BCUT2D eigenvalue weighted by Gasteiger charge is -2.22. The summed E-state index contributed by atoms with van der Waals surface area (Å²) in [5.41, 5.74) is 1.28. The Bertz CT molecular complexity index is 451. The first-order chi connectivity index (χ1) is 10.3. The van der Waals surface area contributed by atoms with Gasteiger partial charge in [0.25, 0.3) is 0 Å². The third-order valence-corrected chi connectivity index (χ3v) is 4.60. The highest BCUT2D eigenvalue weighted by Crippen LogP contribution is 2.31. The molecule has 3 nitrogen and oxygen atoms in total. The van der Waals surface area contributed by atoms with Crippen molar-refractivity contribution in [3.05, 3.63) is 23.8 Å². The van der Waals surface area contributed by atoms with Gasteiger partial charge in [0.05, 0.1) is 13.7 Å². The van der Waals surface area contributed by atoms with Crippen molar-refractivity contribution in [1.29, 1.82) is 0 Å². The van der Waals surface area contributed by atoms with Crippen molar-refractivity contribution in [2.75, 3.05) is 13.7 Å². The maximum Gasteiger partial charge on any atom is 0.161 e. The molecular formula is C18H27NO2. The van der Waals surface area contributed by atoms with E-state index in [2.05, 4.69) is 17.4 Å². The molecule has 2 aliphatic rings. The molecule has 0 amide bonds. The summed E-state index contributed by atoms with van der Waals surface area (Å²) in [5, 5.41) is 3.55. The molecule has 0 saturated heterocycles. The summed E-state index contributed by atoms with van der Waals surface area (Å²) in [4.78, 5) is 0. The number of hydrogen-bond acceptors (Lipinski definition) is 3. The molecule has 2 saturated carbocycles. The monoisotopic (exact) mass is 289 g/mol. The molecule has 3 rings (SSSR count). The van der Waals surface area contributed by atoms with Crippen LogP contribution in [0.3, 0.4) is 0 Å². The number of rotatable bonds is 7. The zero-order valence-electron chi connectivity index (χ0n) is 13.1. The average molecular weight is 289 g/mol. The van der Waals surface area contributed by atoms with E-state index in [4.69, 9.17) is 9.47 Å². The molecule has 0 heterocycles. The van der Waals surface area contributed by atoms with E-state index >= 15 is 0 Å². The molecule has 0 bridgehead atoms. The van der Waals surface area contributed by atoms with Crippen LogP contribution in [0.25, 0.3) is 0 Å². The topological polar surface area (TPSA) is 30.5 Å². The maximum atomic E-state index is 6.08. The van der Waals surface area contributed by atoms with E-state index < -0.39 is 0 Å². The number of nitrogens with one attached hydrogen (secondary N) is 1. The SMILES string of the molecule is COc1ccc(CNC2CC2)cc1OCC1CCCCC1. The smallest absolute Gasteiger partial charge is 0.161 e. The minimum absolute atomic E-state index is 0.719. The van der Waals surface area contributed by atoms with Crippen molar-refractivity contribution < 1.29 is 9.47 Å². The van der Waals surface area contributed by atoms with Crippen molar-refractivity contribution in [3.8, 4) is 11.5 Å². The lowest BCUT2D eigenvalue weighted by atomic mass is 9.90. The van der Waals surface area contributed by atoms with Crippen LogP contribution in [0.2, 0.25) is 0 Å². The molecule has 21 heavy (non-hydrogen) atoms. The van der Waals surface area contributed by atoms with E-state index in [-0.39, 0.29) is 0 Å². The van der Waals surface area contributed by atoms with E-state index in [0.717, 1.165) is 36.6 Å². The second-order valence-electron chi connectivity index (χ2n) is 6.46. The van der Waals surface area contributed by atoms with Crippen LogP contribution in [0, 0.1) is 5.92 Å². The Morgan fingerprint density at radius 1 is 1.05 bits per heavy atom. The fraction of sp³-hybridized carbons (Fsp3) is 0.667. The molecule has 0 aliphatic heterocycles. The van der Waals surface area contributed by atoms with Gasteiger partial charge >= 0.3 is 0 Å². The number of methoxy groups -OCH3 is 1. The van der Waals surface area contributed by atoms with Crippen LogP contribution in [0.15, 0.2) is 18.2 Å². The molecule has 2 fully saturated rings. The molecule has 0 aromatic heterocycles. The Kier molecular flexibility index (Phi) is 5.02. The quantitative estimate of drug-likeness (QED) is 0.825. The average Bonchev–Trinajstić information content (AvgIpc) is 3.36. The summed E-state index contributed by atoms with van der Waals surface area (Å²) in [6.45, 7) is 1.75. The van der Waals surface area contributed by atoms with Crippen LogP contribution in [0.1, 0.15) is 50.5 Å². The van der Waals surface area contributed by atoms with Gasteiger partial charge < -0.3 is 14.8 Å². The lowest BCUT2D eigenvalue weighted by molar-refractivity contribution is 0.202. The second-order valence-corrected chi connectivity index (χ2v) is 6.46. The Balaban J connectivity index is 1.58. The van der Waals surface area contributed by atoms with Crippen LogP contribution >= 0.6 is 0 Å². The van der Waals surface area contributed by atoms with Crippen molar-refractivity contribution >= 4 is 0 Å². The molecule has 0 atom stereocenters. The molecule has 0 unspecified atom stereocenters. The first-order valence-electron chi connectivity index (χ1n) is 8.38. The van der Waals surface area contributed by atoms with E-state index in [1.165, 1.54) is 50.5 Å². The van der Waals surface area contributed by atoms with Crippen molar-refractivity contribution in [3.63, 3.8) is 0 Å². The van der Waals surface area contributed by atoms with Gasteiger partial charge in [-0.1, -0.05) is 25.3 Å². The van der Waals surface area contributed by atoms with Crippen molar-refractivity contribution in [1.82, 2.24) is 5.32 Å². The van der Waals surface area contributed by atoms with Crippen LogP contribution in [0.4, 0.5) is 0 Å². The normalized spacial score (nSPS) is 19.5. The summed E-state index contributed by atoms with van der Waals surface area (Å²) in [5.74, 6) is 2.47. The predicted octanol–water partition coefficient (Wildman–Crippen LogP) is 3.91. The summed E-state index contributed by atoms with van der Waals surface area (Å²) in [7, 11) is 1.71. The van der Waals surface area contributed by atoms with Crippen LogP contribution in [0.5, 0.6) is 11.5 Å². The highest BCUT2D eigenvalue weighted by molar-refractivity contribution is 5.43. The minimum atomic E-state index is 0.719. The molecule has 2 aliphatic carbocycles. The summed E-state index contributed by atoms with van der Waals surface area (Å²) < 4.78 is 11.5. The van der Waals surface area contributed by atoms with Gasteiger partial charge in [0.1, 0.15) is 0 Å². The molecule has 1 aromatic carbocycles. The summed E-state index contributed by atoms with van der Waals surface area (Å²) in [6.07, 6.45) is 9.37. The summed E-state index contributed by atoms with van der Waals surface area (Å²) in [6, 6.07) is 7.03. The Hall–Kier alpha value is -1.22. The van der Waals surface area contributed by atoms with Gasteiger partial charge in [-0.15, -0.1) is 0 Å². The molecule has 116 valence electrons.